The number of rotatable bonds is 3. The Morgan fingerprint density at radius 3 is 2.53 bits per heavy atom. The van der Waals surface area contributed by atoms with E-state index in [0.29, 0.717) is 11.8 Å². The minimum Gasteiger partial charge on any atom is -0.356 e. The van der Waals surface area contributed by atoms with E-state index in [9.17, 15) is 4.79 Å². The number of benzene rings is 1. The molecule has 5 heteroatoms. The van der Waals surface area contributed by atoms with Crippen LogP contribution in [0, 0.1) is 11.8 Å². The average molecular weight is 405 g/mol. The molecule has 0 radical (unpaired) electrons. The second-order valence-electron chi connectivity index (χ2n) is 9.31. The first kappa shape index (κ1) is 19.5. The average Bonchev–Trinajstić information content (AvgIpc) is 3.27. The van der Waals surface area contributed by atoms with Crippen molar-refractivity contribution < 1.29 is 4.79 Å². The molecule has 0 N–H and O–H groups in total. The molecule has 3 heterocycles. The largest absolute Gasteiger partial charge is 0.356 e. The number of hydrogen-bond donors (Lipinski definition) is 0. The van der Waals surface area contributed by atoms with Crippen LogP contribution in [-0.4, -0.2) is 47.0 Å². The summed E-state index contributed by atoms with van der Waals surface area (Å²) in [5, 5.41) is 0. The predicted molar refractivity (Wildman–Crippen MR) is 119 cm³/mol. The Balaban J connectivity index is 1.32. The van der Waals surface area contributed by atoms with E-state index in [4.69, 9.17) is 9.97 Å². The third kappa shape index (κ3) is 3.82. The number of hydrogen-bond acceptors (Lipinski definition) is 4. The number of carbonyl (C=O) groups is 1. The minimum absolute atomic E-state index is 0.176. The van der Waals surface area contributed by atoms with Gasteiger partial charge in [0.25, 0.3) is 0 Å². The van der Waals surface area contributed by atoms with E-state index < -0.39 is 0 Å². The summed E-state index contributed by atoms with van der Waals surface area (Å²) >= 11 is 0. The van der Waals surface area contributed by atoms with Crippen LogP contribution >= 0.6 is 0 Å². The number of amides is 1. The Bertz CT molecular complexity index is 905. The van der Waals surface area contributed by atoms with Crippen LogP contribution in [0.3, 0.4) is 0 Å². The van der Waals surface area contributed by atoms with Gasteiger partial charge in [-0.2, -0.15) is 0 Å². The zero-order chi connectivity index (χ0) is 20.5. The molecule has 5 nitrogen and oxygen atoms in total. The minimum atomic E-state index is 0.176. The van der Waals surface area contributed by atoms with Crippen molar-refractivity contribution in [2.75, 3.05) is 31.1 Å². The summed E-state index contributed by atoms with van der Waals surface area (Å²) in [5.41, 5.74) is 3.64. The number of carbonyl (C=O) groups excluding carboxylic acids is 1. The molecule has 1 aliphatic carbocycles. The lowest BCUT2D eigenvalue weighted by molar-refractivity contribution is -0.137. The Morgan fingerprint density at radius 2 is 1.77 bits per heavy atom. The number of fused-ring (bicyclic) bond motifs is 1. The van der Waals surface area contributed by atoms with E-state index in [2.05, 4.69) is 28.9 Å². The molecular formula is C25H32N4O. The number of nitrogens with zero attached hydrogens (tertiary/aromatic N) is 4. The second-order valence-corrected chi connectivity index (χ2v) is 9.31. The van der Waals surface area contributed by atoms with E-state index >= 15 is 0 Å². The van der Waals surface area contributed by atoms with Gasteiger partial charge in [-0.25, -0.2) is 9.97 Å². The van der Waals surface area contributed by atoms with Gasteiger partial charge in [-0.1, -0.05) is 37.3 Å². The molecule has 0 bridgehead atoms. The van der Waals surface area contributed by atoms with Gasteiger partial charge < -0.3 is 9.80 Å². The maximum absolute atomic E-state index is 13.1. The lowest BCUT2D eigenvalue weighted by atomic mass is 9.92. The van der Waals surface area contributed by atoms with Crippen LogP contribution < -0.4 is 4.90 Å². The van der Waals surface area contributed by atoms with Gasteiger partial charge >= 0.3 is 0 Å². The standard InChI is InChI=1S/C25H32N4O/c1-18-7-6-14-29(17-18)25(30)20-12-15-28(16-13-20)24-21-10-5-11-22(21)26-23(27-24)19-8-3-2-4-9-19/h2-4,8-9,18,20H,5-7,10-17H2,1H3/t18-/m0/s1. The lowest BCUT2D eigenvalue weighted by Gasteiger charge is -2.38. The summed E-state index contributed by atoms with van der Waals surface area (Å²) < 4.78 is 0. The van der Waals surface area contributed by atoms with Gasteiger partial charge in [0.15, 0.2) is 5.82 Å². The first-order valence-corrected chi connectivity index (χ1v) is 11.7. The second kappa shape index (κ2) is 8.37. The fourth-order valence-corrected chi connectivity index (χ4v) is 5.38. The predicted octanol–water partition coefficient (Wildman–Crippen LogP) is 4.11. The third-order valence-electron chi connectivity index (χ3n) is 7.06. The van der Waals surface area contributed by atoms with Gasteiger partial charge in [-0.05, 0) is 50.9 Å². The first-order valence-electron chi connectivity index (χ1n) is 11.7. The van der Waals surface area contributed by atoms with E-state index in [1.165, 1.54) is 17.7 Å². The van der Waals surface area contributed by atoms with Gasteiger partial charge in [0, 0.05) is 48.9 Å². The number of aromatic nitrogens is 2. The van der Waals surface area contributed by atoms with Crippen LogP contribution in [0.25, 0.3) is 11.4 Å². The Hall–Kier alpha value is -2.43. The monoisotopic (exact) mass is 404 g/mol. The number of aryl methyl sites for hydroxylation is 1. The van der Waals surface area contributed by atoms with Crippen LogP contribution in [0.4, 0.5) is 5.82 Å². The zero-order valence-electron chi connectivity index (χ0n) is 18.0. The highest BCUT2D eigenvalue weighted by Gasteiger charge is 2.32. The van der Waals surface area contributed by atoms with Crippen LogP contribution in [0.15, 0.2) is 30.3 Å². The molecule has 1 atom stereocenters. The molecule has 1 aromatic heterocycles. The number of piperidine rings is 2. The molecule has 0 unspecified atom stereocenters. The Kier molecular flexibility index (Phi) is 5.45. The van der Waals surface area contributed by atoms with E-state index in [-0.39, 0.29) is 5.92 Å². The van der Waals surface area contributed by atoms with Crippen LogP contribution in [0.2, 0.25) is 0 Å². The molecule has 0 saturated carbocycles. The van der Waals surface area contributed by atoms with Gasteiger partial charge in [0.1, 0.15) is 5.82 Å². The van der Waals surface area contributed by atoms with Crippen LogP contribution in [-0.2, 0) is 17.6 Å². The molecule has 2 fully saturated rings. The van der Waals surface area contributed by atoms with Crippen LogP contribution in [0.1, 0.15) is 50.3 Å². The molecule has 158 valence electrons. The molecule has 2 aliphatic heterocycles. The lowest BCUT2D eigenvalue weighted by Crippen LogP contribution is -2.46. The highest BCUT2D eigenvalue weighted by Crippen LogP contribution is 2.34. The van der Waals surface area contributed by atoms with Gasteiger partial charge in [0.05, 0.1) is 0 Å². The SMILES string of the molecule is C[C@H]1CCCN(C(=O)C2CCN(c3nc(-c4ccccc4)nc4c3CCC4)CC2)C1. The normalized spacial score (nSPS) is 22.2. The summed E-state index contributed by atoms with van der Waals surface area (Å²) in [6, 6.07) is 10.3. The summed E-state index contributed by atoms with van der Waals surface area (Å²) in [4.78, 5) is 27.5. The smallest absolute Gasteiger partial charge is 0.225 e. The topological polar surface area (TPSA) is 49.3 Å². The van der Waals surface area contributed by atoms with Gasteiger partial charge in [0.2, 0.25) is 5.91 Å². The molecule has 5 rings (SSSR count). The molecule has 3 aliphatic rings. The summed E-state index contributed by atoms with van der Waals surface area (Å²) in [6.45, 7) is 5.99. The summed E-state index contributed by atoms with van der Waals surface area (Å²) in [7, 11) is 0. The maximum Gasteiger partial charge on any atom is 0.225 e. The first-order chi connectivity index (χ1) is 14.7. The van der Waals surface area contributed by atoms with Crippen molar-refractivity contribution in [1.29, 1.82) is 0 Å². The van der Waals surface area contributed by atoms with Gasteiger partial charge in [-0.3, -0.25) is 4.79 Å². The number of anilines is 1. The molecule has 2 saturated heterocycles. The van der Waals surface area contributed by atoms with Crippen molar-refractivity contribution in [3.05, 3.63) is 41.6 Å². The third-order valence-corrected chi connectivity index (χ3v) is 7.06. The quantitative estimate of drug-likeness (QED) is 0.773. The van der Waals surface area contributed by atoms with E-state index in [1.807, 2.05) is 18.2 Å². The Morgan fingerprint density at radius 1 is 0.967 bits per heavy atom. The van der Waals surface area contributed by atoms with Crippen molar-refractivity contribution in [2.45, 2.75) is 51.9 Å². The fourth-order valence-electron chi connectivity index (χ4n) is 5.38. The highest BCUT2D eigenvalue weighted by molar-refractivity contribution is 5.79. The maximum atomic E-state index is 13.1. The van der Waals surface area contributed by atoms with Crippen molar-refractivity contribution in [1.82, 2.24) is 14.9 Å². The zero-order valence-corrected chi connectivity index (χ0v) is 18.0. The molecule has 2 aromatic rings. The van der Waals surface area contributed by atoms with E-state index in [1.54, 1.807) is 0 Å². The summed E-state index contributed by atoms with van der Waals surface area (Å²) in [6.07, 6.45) is 7.56. The van der Waals surface area contributed by atoms with Crippen LogP contribution in [0.5, 0.6) is 0 Å². The fraction of sp³-hybridized carbons (Fsp3) is 0.560. The van der Waals surface area contributed by atoms with Crippen molar-refractivity contribution in [2.24, 2.45) is 11.8 Å². The van der Waals surface area contributed by atoms with Crippen molar-refractivity contribution in [3.8, 4) is 11.4 Å². The van der Waals surface area contributed by atoms with Gasteiger partial charge in [-0.15, -0.1) is 0 Å². The molecule has 0 spiro atoms. The molecular weight excluding hydrogens is 372 g/mol. The van der Waals surface area contributed by atoms with Crippen molar-refractivity contribution in [3.63, 3.8) is 0 Å². The van der Waals surface area contributed by atoms with Crippen molar-refractivity contribution >= 4 is 11.7 Å². The molecule has 1 amide bonds. The van der Waals surface area contributed by atoms with E-state index in [0.717, 1.165) is 81.9 Å². The Labute approximate surface area is 179 Å². The molecule has 30 heavy (non-hydrogen) atoms. The summed E-state index contributed by atoms with van der Waals surface area (Å²) in [5.74, 6) is 3.16. The molecule has 1 aromatic carbocycles. The number of likely N-dealkylation sites (tertiary alicyclic amines) is 1. The highest BCUT2D eigenvalue weighted by atomic mass is 16.2.